The molecule has 0 aliphatic carbocycles. The van der Waals surface area contributed by atoms with Crippen molar-refractivity contribution in [2.75, 3.05) is 17.1 Å². The van der Waals surface area contributed by atoms with E-state index >= 15 is 0 Å². The molecule has 0 bridgehead atoms. The highest BCUT2D eigenvalue weighted by atomic mass is 32.2. The molecule has 1 aliphatic rings. The second-order valence-corrected chi connectivity index (χ2v) is 13.5. The summed E-state index contributed by atoms with van der Waals surface area (Å²) in [6.07, 6.45) is 2.58. The lowest BCUT2D eigenvalue weighted by molar-refractivity contribution is 0.0443. The standard InChI is InChI=1S/C29H35N5O5S/c1-7-20-18-34-13-14-40(36,37)33(6)23-16-21(15-22(20)24(23)34)25-31-32-26(38-25)29(5,17-19-11-9-8-10-12-19)30-27(35)39-28(2,3)4/h8-12,15-16,18H,7,13-14,17H2,1-6H3,(H,30,35)/t29-/m1/s1. The number of carbonyl (C=O) groups is 1. The third-order valence-electron chi connectivity index (χ3n) is 7.08. The van der Waals surface area contributed by atoms with Crippen molar-refractivity contribution in [3.63, 3.8) is 0 Å². The van der Waals surface area contributed by atoms with Gasteiger partial charge in [-0.3, -0.25) is 4.31 Å². The van der Waals surface area contributed by atoms with Gasteiger partial charge in [-0.25, -0.2) is 13.2 Å². The Morgan fingerprint density at radius 1 is 1.12 bits per heavy atom. The van der Waals surface area contributed by atoms with Gasteiger partial charge in [-0.2, -0.15) is 0 Å². The molecule has 40 heavy (non-hydrogen) atoms. The molecule has 10 nitrogen and oxygen atoms in total. The van der Waals surface area contributed by atoms with Crippen LogP contribution in [-0.2, 0) is 39.7 Å². The lowest BCUT2D eigenvalue weighted by atomic mass is 9.92. The Hall–Kier alpha value is -3.86. The van der Waals surface area contributed by atoms with Crippen LogP contribution in [0.25, 0.3) is 22.4 Å². The fourth-order valence-electron chi connectivity index (χ4n) is 5.08. The first-order valence-electron chi connectivity index (χ1n) is 13.3. The number of aryl methyl sites for hydroxylation is 2. The number of rotatable bonds is 6. The van der Waals surface area contributed by atoms with Gasteiger partial charge in [-0.1, -0.05) is 37.3 Å². The Bertz CT molecular complexity index is 1670. The zero-order chi connectivity index (χ0) is 28.9. The minimum Gasteiger partial charge on any atom is -0.444 e. The van der Waals surface area contributed by atoms with Crippen LogP contribution in [0, 0.1) is 0 Å². The average Bonchev–Trinajstić information content (AvgIpc) is 3.49. The SMILES string of the molecule is CCc1cn2c3c(cc(-c4nnc([C@@](C)(Cc5ccccc5)NC(=O)OC(C)(C)C)o4)cc13)N(C)S(=O)(=O)CC2. The fraction of sp³-hybridized carbons (Fsp3) is 0.414. The maximum atomic E-state index is 12.9. The molecule has 1 N–H and O–H groups in total. The van der Waals surface area contributed by atoms with Gasteiger partial charge >= 0.3 is 6.09 Å². The predicted octanol–water partition coefficient (Wildman–Crippen LogP) is 5.02. The van der Waals surface area contributed by atoms with E-state index in [1.807, 2.05) is 54.1 Å². The lowest BCUT2D eigenvalue weighted by Crippen LogP contribution is -2.47. The third kappa shape index (κ3) is 5.30. The van der Waals surface area contributed by atoms with E-state index in [1.165, 1.54) is 4.31 Å². The Labute approximate surface area is 234 Å². The molecule has 0 unspecified atom stereocenters. The van der Waals surface area contributed by atoms with Crippen LogP contribution in [0.15, 0.2) is 53.1 Å². The number of hydrogen-bond acceptors (Lipinski definition) is 7. The van der Waals surface area contributed by atoms with Gasteiger partial charge in [0.2, 0.25) is 21.8 Å². The summed E-state index contributed by atoms with van der Waals surface area (Å²) in [4.78, 5) is 12.9. The molecule has 5 rings (SSSR count). The molecule has 3 heterocycles. The Kier molecular flexibility index (Phi) is 6.89. The van der Waals surface area contributed by atoms with Crippen LogP contribution in [0.4, 0.5) is 10.5 Å². The smallest absolute Gasteiger partial charge is 0.408 e. The highest BCUT2D eigenvalue weighted by molar-refractivity contribution is 7.92. The number of aromatic nitrogens is 3. The number of nitrogens with one attached hydrogen (secondary N) is 1. The fourth-order valence-corrected chi connectivity index (χ4v) is 6.22. The molecule has 0 radical (unpaired) electrons. The molecule has 2 aromatic heterocycles. The summed E-state index contributed by atoms with van der Waals surface area (Å²) in [7, 11) is -1.92. The van der Waals surface area contributed by atoms with Crippen LogP contribution in [-0.4, -0.2) is 47.7 Å². The second kappa shape index (κ2) is 9.96. The molecule has 4 aromatic rings. The van der Waals surface area contributed by atoms with Gasteiger partial charge in [0, 0.05) is 37.2 Å². The monoisotopic (exact) mass is 565 g/mol. The molecule has 2 aromatic carbocycles. The first kappa shape index (κ1) is 27.7. The van der Waals surface area contributed by atoms with Crippen LogP contribution in [0.2, 0.25) is 0 Å². The number of ether oxygens (including phenoxy) is 1. The van der Waals surface area contributed by atoms with Gasteiger partial charge in [0.1, 0.15) is 11.1 Å². The molecular weight excluding hydrogens is 530 g/mol. The highest BCUT2D eigenvalue weighted by Crippen LogP contribution is 2.39. The minimum atomic E-state index is -3.50. The number of benzene rings is 2. The molecule has 1 aliphatic heterocycles. The summed E-state index contributed by atoms with van der Waals surface area (Å²) in [5.74, 6) is 0.444. The van der Waals surface area contributed by atoms with Crippen molar-refractivity contribution < 1.29 is 22.4 Å². The highest BCUT2D eigenvalue weighted by Gasteiger charge is 2.37. The second-order valence-electron chi connectivity index (χ2n) is 11.4. The number of amides is 1. The van der Waals surface area contributed by atoms with Gasteiger partial charge in [0.25, 0.3) is 0 Å². The van der Waals surface area contributed by atoms with Crippen molar-refractivity contribution in [3.05, 3.63) is 65.7 Å². The van der Waals surface area contributed by atoms with E-state index in [9.17, 15) is 13.2 Å². The maximum absolute atomic E-state index is 12.9. The zero-order valence-electron chi connectivity index (χ0n) is 23.7. The summed E-state index contributed by atoms with van der Waals surface area (Å²) in [6.45, 7) is 9.66. The predicted molar refractivity (Wildman–Crippen MR) is 154 cm³/mol. The number of alkyl carbamates (subject to hydrolysis) is 1. The number of sulfonamides is 1. The van der Waals surface area contributed by atoms with Gasteiger partial charge in [-0.15, -0.1) is 10.2 Å². The van der Waals surface area contributed by atoms with Crippen molar-refractivity contribution in [2.45, 2.75) is 65.1 Å². The van der Waals surface area contributed by atoms with Crippen molar-refractivity contribution in [3.8, 4) is 11.5 Å². The third-order valence-corrected chi connectivity index (χ3v) is 8.81. The first-order valence-corrected chi connectivity index (χ1v) is 14.9. The quantitative estimate of drug-likeness (QED) is 0.349. The summed E-state index contributed by atoms with van der Waals surface area (Å²) in [5.41, 5.74) is 2.31. The zero-order valence-corrected chi connectivity index (χ0v) is 24.5. The molecule has 0 saturated heterocycles. The number of hydrogen-bond donors (Lipinski definition) is 1. The van der Waals surface area contributed by atoms with Gasteiger partial charge < -0.3 is 19.0 Å². The summed E-state index contributed by atoms with van der Waals surface area (Å²) < 4.78 is 41.0. The summed E-state index contributed by atoms with van der Waals surface area (Å²) in [5, 5.41) is 12.6. The van der Waals surface area contributed by atoms with Crippen molar-refractivity contribution in [2.24, 2.45) is 0 Å². The van der Waals surface area contributed by atoms with Crippen molar-refractivity contribution in [1.29, 1.82) is 0 Å². The Morgan fingerprint density at radius 2 is 1.85 bits per heavy atom. The van der Waals surface area contributed by atoms with Crippen LogP contribution < -0.4 is 9.62 Å². The summed E-state index contributed by atoms with van der Waals surface area (Å²) >= 11 is 0. The number of carbonyl (C=O) groups excluding carboxylic acids is 1. The first-order chi connectivity index (χ1) is 18.8. The number of nitrogens with zero attached hydrogens (tertiary/aromatic N) is 4. The van der Waals surface area contributed by atoms with Gasteiger partial charge in [0.05, 0.1) is 17.0 Å². The topological polar surface area (TPSA) is 120 Å². The normalized spacial score (nSPS) is 16.4. The van der Waals surface area contributed by atoms with Gasteiger partial charge in [-0.05, 0) is 57.4 Å². The summed E-state index contributed by atoms with van der Waals surface area (Å²) in [6, 6.07) is 13.4. The van der Waals surface area contributed by atoms with E-state index in [0.29, 0.717) is 24.2 Å². The molecule has 0 fully saturated rings. The van der Waals surface area contributed by atoms with E-state index in [1.54, 1.807) is 33.9 Å². The molecule has 0 saturated carbocycles. The molecule has 212 valence electrons. The Balaban J connectivity index is 1.59. The van der Waals surface area contributed by atoms with E-state index < -0.39 is 27.3 Å². The van der Waals surface area contributed by atoms with E-state index in [4.69, 9.17) is 9.15 Å². The molecule has 1 amide bonds. The number of anilines is 1. The minimum absolute atomic E-state index is 0.0132. The van der Waals surface area contributed by atoms with Crippen molar-refractivity contribution in [1.82, 2.24) is 20.1 Å². The van der Waals surface area contributed by atoms with Crippen LogP contribution in [0.5, 0.6) is 0 Å². The maximum Gasteiger partial charge on any atom is 0.408 e. The largest absolute Gasteiger partial charge is 0.444 e. The van der Waals surface area contributed by atoms with Crippen molar-refractivity contribution >= 4 is 32.7 Å². The molecular formula is C29H35N5O5S. The van der Waals surface area contributed by atoms with Crippen LogP contribution >= 0.6 is 0 Å². The van der Waals surface area contributed by atoms with E-state index in [-0.39, 0.29) is 17.5 Å². The average molecular weight is 566 g/mol. The van der Waals surface area contributed by atoms with E-state index in [2.05, 4.69) is 22.4 Å². The lowest BCUT2D eigenvalue weighted by Gasteiger charge is -2.29. The van der Waals surface area contributed by atoms with Gasteiger partial charge in [0.15, 0.2) is 0 Å². The Morgan fingerprint density at radius 3 is 2.52 bits per heavy atom. The van der Waals surface area contributed by atoms with Crippen LogP contribution in [0.3, 0.4) is 0 Å². The molecule has 1 atom stereocenters. The van der Waals surface area contributed by atoms with E-state index in [0.717, 1.165) is 28.5 Å². The molecule has 11 heteroatoms. The van der Waals surface area contributed by atoms with Crippen LogP contribution in [0.1, 0.15) is 51.6 Å². The molecule has 0 spiro atoms.